The number of halogens is 1. The van der Waals surface area contributed by atoms with Gasteiger partial charge in [-0.05, 0) is 49.2 Å². The van der Waals surface area contributed by atoms with Crippen LogP contribution in [0.3, 0.4) is 0 Å². The van der Waals surface area contributed by atoms with Crippen molar-refractivity contribution in [2.45, 2.75) is 26.8 Å². The number of amides is 2. The molecule has 2 heterocycles. The molecule has 0 unspecified atom stereocenters. The second kappa shape index (κ2) is 8.60. The first kappa shape index (κ1) is 20.1. The Morgan fingerprint density at radius 1 is 1.32 bits per heavy atom. The largest absolute Gasteiger partial charge is 0.467 e. The number of carbonyl (C=O) groups excluding carboxylic acids is 3. The summed E-state index contributed by atoms with van der Waals surface area (Å²) in [4.78, 5) is 38.0. The van der Waals surface area contributed by atoms with Crippen LogP contribution in [-0.2, 0) is 25.7 Å². The van der Waals surface area contributed by atoms with Crippen molar-refractivity contribution in [3.63, 3.8) is 0 Å². The lowest BCUT2D eigenvalue weighted by Gasteiger charge is -2.15. The van der Waals surface area contributed by atoms with Gasteiger partial charge in [0.15, 0.2) is 6.61 Å². The summed E-state index contributed by atoms with van der Waals surface area (Å²) in [6.45, 7) is 3.98. The second-order valence-electron chi connectivity index (χ2n) is 6.83. The molecule has 28 heavy (non-hydrogen) atoms. The van der Waals surface area contributed by atoms with Gasteiger partial charge in [-0.25, -0.2) is 0 Å². The van der Waals surface area contributed by atoms with Gasteiger partial charge in [0.1, 0.15) is 5.76 Å². The molecule has 2 amide bonds. The van der Waals surface area contributed by atoms with E-state index in [1.54, 1.807) is 17.0 Å². The highest BCUT2D eigenvalue weighted by molar-refractivity contribution is 9.10. The van der Waals surface area contributed by atoms with E-state index in [2.05, 4.69) is 21.2 Å². The van der Waals surface area contributed by atoms with Crippen LogP contribution in [0.5, 0.6) is 0 Å². The van der Waals surface area contributed by atoms with Gasteiger partial charge in [0.25, 0.3) is 5.91 Å². The van der Waals surface area contributed by atoms with Crippen LogP contribution in [0.2, 0.25) is 0 Å². The van der Waals surface area contributed by atoms with Gasteiger partial charge in [-0.15, -0.1) is 0 Å². The summed E-state index contributed by atoms with van der Waals surface area (Å²) in [6, 6.07) is 7.28. The molecule has 1 saturated heterocycles. The number of furan rings is 1. The Hall–Kier alpha value is -2.61. The summed E-state index contributed by atoms with van der Waals surface area (Å²) in [5, 5.41) is 2.74. The average molecular weight is 449 g/mol. The Balaban J connectivity index is 1.49. The Bertz CT molecular complexity index is 894. The number of hydrogen-bond donors (Lipinski definition) is 1. The molecule has 0 spiro atoms. The summed E-state index contributed by atoms with van der Waals surface area (Å²) in [5.74, 6) is -1.03. The number of rotatable bonds is 6. The van der Waals surface area contributed by atoms with E-state index in [-0.39, 0.29) is 18.9 Å². The van der Waals surface area contributed by atoms with Crippen molar-refractivity contribution in [3.8, 4) is 0 Å². The number of anilines is 1. The van der Waals surface area contributed by atoms with Gasteiger partial charge in [0.05, 0.1) is 18.7 Å². The van der Waals surface area contributed by atoms with E-state index in [9.17, 15) is 14.4 Å². The lowest BCUT2D eigenvalue weighted by molar-refractivity contribution is -0.151. The summed E-state index contributed by atoms with van der Waals surface area (Å²) in [7, 11) is 0. The molecule has 0 aliphatic carbocycles. The minimum absolute atomic E-state index is 0.0756. The number of benzene rings is 1. The molecule has 1 atom stereocenters. The van der Waals surface area contributed by atoms with Crippen LogP contribution in [0, 0.1) is 19.8 Å². The zero-order valence-corrected chi connectivity index (χ0v) is 17.2. The van der Waals surface area contributed by atoms with E-state index in [4.69, 9.17) is 9.15 Å². The first-order valence-corrected chi connectivity index (χ1v) is 9.66. The first-order chi connectivity index (χ1) is 13.3. The highest BCUT2D eigenvalue weighted by Crippen LogP contribution is 2.25. The van der Waals surface area contributed by atoms with E-state index in [1.165, 1.54) is 6.26 Å². The number of hydrogen-bond acceptors (Lipinski definition) is 5. The standard InChI is InChI=1S/C20H21BrN2O5/c1-12-7-17(13(2)6-16(12)21)22-18(24)11-28-20(26)14-8-19(25)23(9-14)10-15-4-3-5-27-15/h3-7,14H,8-11H2,1-2H3,(H,22,24)/t14-/m0/s1. The molecule has 3 rings (SSSR count). The molecule has 1 aromatic carbocycles. The predicted octanol–water partition coefficient (Wildman–Crippen LogP) is 3.19. The molecule has 148 valence electrons. The lowest BCUT2D eigenvalue weighted by Crippen LogP contribution is -2.28. The molecule has 7 nitrogen and oxygen atoms in total. The van der Waals surface area contributed by atoms with Crippen LogP contribution < -0.4 is 5.32 Å². The Morgan fingerprint density at radius 2 is 2.11 bits per heavy atom. The topological polar surface area (TPSA) is 88.8 Å². The molecule has 0 radical (unpaired) electrons. The van der Waals surface area contributed by atoms with Gasteiger partial charge in [-0.3, -0.25) is 14.4 Å². The first-order valence-electron chi connectivity index (χ1n) is 8.87. The summed E-state index contributed by atoms with van der Waals surface area (Å²) in [5.41, 5.74) is 2.55. The van der Waals surface area contributed by atoms with Crippen LogP contribution in [0.4, 0.5) is 5.69 Å². The SMILES string of the molecule is Cc1cc(NC(=O)COC(=O)[C@H]2CC(=O)N(Cc3ccco3)C2)c(C)cc1Br. The highest BCUT2D eigenvalue weighted by Gasteiger charge is 2.35. The third-order valence-corrected chi connectivity index (χ3v) is 5.45. The fourth-order valence-corrected chi connectivity index (χ4v) is 3.49. The molecule has 1 fully saturated rings. The molecule has 1 aromatic heterocycles. The van der Waals surface area contributed by atoms with Gasteiger partial charge in [0, 0.05) is 23.1 Å². The van der Waals surface area contributed by atoms with Crippen LogP contribution >= 0.6 is 15.9 Å². The van der Waals surface area contributed by atoms with Crippen molar-refractivity contribution in [1.82, 2.24) is 4.90 Å². The number of nitrogens with one attached hydrogen (secondary N) is 1. The normalized spacial score (nSPS) is 16.3. The fourth-order valence-electron chi connectivity index (χ4n) is 3.03. The molecular weight excluding hydrogens is 428 g/mol. The summed E-state index contributed by atoms with van der Waals surface area (Å²) in [6.07, 6.45) is 1.61. The lowest BCUT2D eigenvalue weighted by atomic mass is 10.1. The van der Waals surface area contributed by atoms with Gasteiger partial charge in [-0.1, -0.05) is 15.9 Å². The second-order valence-corrected chi connectivity index (χ2v) is 7.68. The predicted molar refractivity (Wildman–Crippen MR) is 105 cm³/mol. The van der Waals surface area contributed by atoms with E-state index in [1.807, 2.05) is 26.0 Å². The summed E-state index contributed by atoms with van der Waals surface area (Å²) >= 11 is 3.44. The van der Waals surface area contributed by atoms with E-state index >= 15 is 0 Å². The van der Waals surface area contributed by atoms with Crippen LogP contribution in [0.25, 0.3) is 0 Å². The molecule has 8 heteroatoms. The van der Waals surface area contributed by atoms with Crippen molar-refractivity contribution in [1.29, 1.82) is 0 Å². The van der Waals surface area contributed by atoms with Crippen LogP contribution in [0.15, 0.2) is 39.4 Å². The maximum atomic E-state index is 12.3. The Kier molecular flexibility index (Phi) is 6.18. The molecule has 0 bridgehead atoms. The molecule has 1 N–H and O–H groups in total. The van der Waals surface area contributed by atoms with E-state index in [0.29, 0.717) is 18.0 Å². The molecule has 0 saturated carbocycles. The quantitative estimate of drug-likeness (QED) is 0.685. The van der Waals surface area contributed by atoms with Gasteiger partial charge < -0.3 is 19.4 Å². The highest BCUT2D eigenvalue weighted by atomic mass is 79.9. The zero-order valence-electron chi connectivity index (χ0n) is 15.7. The van der Waals surface area contributed by atoms with E-state index < -0.39 is 24.4 Å². The van der Waals surface area contributed by atoms with E-state index in [0.717, 1.165) is 15.6 Å². The maximum Gasteiger partial charge on any atom is 0.311 e. The zero-order chi connectivity index (χ0) is 20.3. The van der Waals surface area contributed by atoms with Crippen molar-refractivity contribution in [2.24, 2.45) is 5.92 Å². The van der Waals surface area contributed by atoms with Crippen molar-refractivity contribution < 1.29 is 23.5 Å². The number of carbonyl (C=O) groups is 3. The van der Waals surface area contributed by atoms with Gasteiger partial charge in [-0.2, -0.15) is 0 Å². The number of nitrogens with zero attached hydrogens (tertiary/aromatic N) is 1. The fraction of sp³-hybridized carbons (Fsp3) is 0.350. The average Bonchev–Trinajstić information content (AvgIpc) is 3.28. The summed E-state index contributed by atoms with van der Waals surface area (Å²) < 4.78 is 11.3. The third kappa shape index (κ3) is 4.81. The van der Waals surface area contributed by atoms with Gasteiger partial charge in [0.2, 0.25) is 5.91 Å². The van der Waals surface area contributed by atoms with Gasteiger partial charge >= 0.3 is 5.97 Å². The van der Waals surface area contributed by atoms with Crippen LogP contribution in [0.1, 0.15) is 23.3 Å². The molecule has 1 aliphatic rings. The van der Waals surface area contributed by atoms with Crippen LogP contribution in [-0.4, -0.2) is 35.8 Å². The number of aryl methyl sites for hydroxylation is 2. The number of esters is 1. The minimum Gasteiger partial charge on any atom is -0.467 e. The third-order valence-electron chi connectivity index (χ3n) is 4.60. The molecular formula is C20H21BrN2O5. The molecule has 2 aromatic rings. The van der Waals surface area contributed by atoms with Crippen molar-refractivity contribution in [2.75, 3.05) is 18.5 Å². The molecule has 1 aliphatic heterocycles. The Morgan fingerprint density at radius 3 is 2.82 bits per heavy atom. The smallest absolute Gasteiger partial charge is 0.311 e. The monoisotopic (exact) mass is 448 g/mol. The number of likely N-dealkylation sites (tertiary alicyclic amines) is 1. The maximum absolute atomic E-state index is 12.3. The minimum atomic E-state index is -0.577. The number of ether oxygens (including phenoxy) is 1. The Labute approximate surface area is 171 Å². The van der Waals surface area contributed by atoms with Crippen molar-refractivity contribution in [3.05, 3.63) is 51.9 Å². The van der Waals surface area contributed by atoms with Crippen molar-refractivity contribution >= 4 is 39.4 Å².